The van der Waals surface area contributed by atoms with Crippen LogP contribution >= 0.6 is 15.9 Å². The van der Waals surface area contributed by atoms with Crippen molar-refractivity contribution in [3.05, 3.63) is 92.2 Å². The number of ether oxygens (including phenoxy) is 3. The molecule has 0 radical (unpaired) electrons. The average molecular weight is 522 g/mol. The van der Waals surface area contributed by atoms with Crippen molar-refractivity contribution in [3.63, 3.8) is 0 Å². The van der Waals surface area contributed by atoms with Gasteiger partial charge in [-0.25, -0.2) is 0 Å². The molecule has 0 saturated carbocycles. The molecule has 7 nitrogen and oxygen atoms in total. The van der Waals surface area contributed by atoms with Crippen LogP contribution < -0.4 is 24.5 Å². The fourth-order valence-corrected chi connectivity index (χ4v) is 4.74. The number of para-hydroxylation sites is 1. The van der Waals surface area contributed by atoms with Crippen LogP contribution in [0.15, 0.2) is 74.3 Å². The zero-order chi connectivity index (χ0) is 24.0. The Morgan fingerprint density at radius 2 is 1.56 bits per heavy atom. The maximum Gasteiger partial charge on any atom is 0.295 e. The van der Waals surface area contributed by atoms with Crippen LogP contribution in [0.2, 0.25) is 0 Å². The van der Waals surface area contributed by atoms with Crippen molar-refractivity contribution in [1.29, 1.82) is 0 Å². The summed E-state index contributed by atoms with van der Waals surface area (Å²) in [5, 5.41) is 0.383. The lowest BCUT2D eigenvalue weighted by atomic mass is 9.97. The van der Waals surface area contributed by atoms with Gasteiger partial charge in [-0.2, -0.15) is 0 Å². The first-order valence-electron chi connectivity index (χ1n) is 10.4. The highest BCUT2D eigenvalue weighted by Gasteiger charge is 2.44. The van der Waals surface area contributed by atoms with E-state index in [1.165, 1.54) is 21.3 Å². The van der Waals surface area contributed by atoms with Crippen LogP contribution in [0.3, 0.4) is 0 Å². The highest BCUT2D eigenvalue weighted by molar-refractivity contribution is 9.10. The number of hydrogen-bond acceptors (Lipinski definition) is 6. The summed E-state index contributed by atoms with van der Waals surface area (Å²) >= 11 is 3.42. The average Bonchev–Trinajstić information content (AvgIpc) is 3.16. The molecule has 1 amide bonds. The molecule has 1 aliphatic rings. The topological polar surface area (TPSA) is 78.2 Å². The van der Waals surface area contributed by atoms with Gasteiger partial charge in [0.2, 0.25) is 11.5 Å². The van der Waals surface area contributed by atoms with E-state index in [4.69, 9.17) is 18.6 Å². The lowest BCUT2D eigenvalue weighted by Gasteiger charge is -2.26. The van der Waals surface area contributed by atoms with Crippen molar-refractivity contribution in [2.24, 2.45) is 0 Å². The van der Waals surface area contributed by atoms with Crippen molar-refractivity contribution in [1.82, 2.24) is 0 Å². The maximum absolute atomic E-state index is 13.8. The molecular weight excluding hydrogens is 502 g/mol. The molecule has 2 heterocycles. The number of benzene rings is 3. The molecule has 5 rings (SSSR count). The van der Waals surface area contributed by atoms with E-state index < -0.39 is 11.9 Å². The fraction of sp³-hybridized carbons (Fsp3) is 0.154. The summed E-state index contributed by atoms with van der Waals surface area (Å²) in [6.45, 7) is 0. The van der Waals surface area contributed by atoms with Gasteiger partial charge < -0.3 is 18.6 Å². The van der Waals surface area contributed by atoms with Crippen LogP contribution in [0.1, 0.15) is 27.7 Å². The van der Waals surface area contributed by atoms with E-state index in [0.29, 0.717) is 39.5 Å². The lowest BCUT2D eigenvalue weighted by molar-refractivity contribution is 0.0971. The summed E-state index contributed by atoms with van der Waals surface area (Å²) in [4.78, 5) is 29.0. The molecule has 34 heavy (non-hydrogen) atoms. The first kappa shape index (κ1) is 22.0. The summed E-state index contributed by atoms with van der Waals surface area (Å²) < 4.78 is 23.3. The Labute approximate surface area is 203 Å². The SMILES string of the molecule is COc1cc(C2c3c(oc4ccc(Br)cc4c3=O)C(=O)N2c2ccccc2)cc(OC)c1OC. The third-order valence-corrected chi connectivity index (χ3v) is 6.36. The van der Waals surface area contributed by atoms with E-state index in [9.17, 15) is 9.59 Å². The minimum atomic E-state index is -0.766. The second kappa shape index (κ2) is 8.53. The van der Waals surface area contributed by atoms with Gasteiger partial charge in [-0.05, 0) is 48.0 Å². The Balaban J connectivity index is 1.84. The number of hydrogen-bond donors (Lipinski definition) is 0. The van der Waals surface area contributed by atoms with Crippen LogP contribution in [0.25, 0.3) is 11.0 Å². The number of methoxy groups -OCH3 is 3. The Morgan fingerprint density at radius 1 is 0.882 bits per heavy atom. The molecule has 8 heteroatoms. The summed E-state index contributed by atoms with van der Waals surface area (Å²) in [7, 11) is 4.55. The second-order valence-corrected chi connectivity index (χ2v) is 8.60. The van der Waals surface area contributed by atoms with Gasteiger partial charge in [0.25, 0.3) is 5.91 Å². The Morgan fingerprint density at radius 3 is 2.18 bits per heavy atom. The molecule has 0 saturated heterocycles. The predicted molar refractivity (Wildman–Crippen MR) is 131 cm³/mol. The monoisotopic (exact) mass is 521 g/mol. The smallest absolute Gasteiger partial charge is 0.295 e. The third kappa shape index (κ3) is 3.33. The molecule has 0 bridgehead atoms. The zero-order valence-electron chi connectivity index (χ0n) is 18.6. The van der Waals surface area contributed by atoms with Crippen LogP contribution in [0.4, 0.5) is 5.69 Å². The largest absolute Gasteiger partial charge is 0.493 e. The summed E-state index contributed by atoms with van der Waals surface area (Å²) in [5.41, 5.74) is 1.57. The predicted octanol–water partition coefficient (Wildman–Crippen LogP) is 5.33. The number of rotatable bonds is 5. The van der Waals surface area contributed by atoms with Crippen molar-refractivity contribution < 1.29 is 23.4 Å². The Hall–Kier alpha value is -3.78. The summed E-state index contributed by atoms with van der Waals surface area (Å²) in [6.07, 6.45) is 0. The van der Waals surface area contributed by atoms with Gasteiger partial charge >= 0.3 is 0 Å². The molecule has 1 aliphatic heterocycles. The lowest BCUT2D eigenvalue weighted by Crippen LogP contribution is -2.29. The fourth-order valence-electron chi connectivity index (χ4n) is 4.37. The van der Waals surface area contributed by atoms with Gasteiger partial charge in [-0.3, -0.25) is 14.5 Å². The number of nitrogens with zero attached hydrogens (tertiary/aromatic N) is 1. The van der Waals surface area contributed by atoms with E-state index in [1.807, 2.05) is 30.3 Å². The standard InChI is InChI=1S/C26H20BrNO6/c1-31-19-11-14(12-20(32-2)24(19)33-3)22-21-23(29)17-13-15(27)9-10-18(17)34-25(21)26(30)28(22)16-7-5-4-6-8-16/h4-13,22H,1-3H3. The summed E-state index contributed by atoms with van der Waals surface area (Å²) in [5.74, 6) is 0.862. The van der Waals surface area contributed by atoms with Crippen molar-refractivity contribution in [3.8, 4) is 17.2 Å². The quantitative estimate of drug-likeness (QED) is 0.353. The molecule has 172 valence electrons. The number of carbonyl (C=O) groups is 1. The molecule has 0 aliphatic carbocycles. The molecular formula is C26H20BrNO6. The van der Waals surface area contributed by atoms with Crippen LogP contribution in [0.5, 0.6) is 17.2 Å². The van der Waals surface area contributed by atoms with Crippen molar-refractivity contribution >= 4 is 38.5 Å². The van der Waals surface area contributed by atoms with Gasteiger partial charge in [0.05, 0.1) is 38.3 Å². The van der Waals surface area contributed by atoms with Gasteiger partial charge in [0.15, 0.2) is 16.9 Å². The third-order valence-electron chi connectivity index (χ3n) is 5.87. The van der Waals surface area contributed by atoms with Crippen LogP contribution in [-0.4, -0.2) is 27.2 Å². The Bertz CT molecular complexity index is 1460. The van der Waals surface area contributed by atoms with Crippen molar-refractivity contribution in [2.45, 2.75) is 6.04 Å². The molecule has 1 aromatic heterocycles. The van der Waals surface area contributed by atoms with Gasteiger partial charge in [0, 0.05) is 10.2 Å². The zero-order valence-corrected chi connectivity index (χ0v) is 20.2. The molecule has 0 fully saturated rings. The van der Waals surface area contributed by atoms with E-state index in [-0.39, 0.29) is 16.8 Å². The maximum atomic E-state index is 13.8. The summed E-state index contributed by atoms with van der Waals surface area (Å²) in [6, 6.07) is 17.0. The van der Waals surface area contributed by atoms with E-state index in [0.717, 1.165) is 4.47 Å². The van der Waals surface area contributed by atoms with Gasteiger partial charge in [0.1, 0.15) is 5.58 Å². The number of carbonyl (C=O) groups excluding carboxylic acids is 1. The normalized spacial score (nSPS) is 14.9. The van der Waals surface area contributed by atoms with E-state index >= 15 is 0 Å². The number of anilines is 1. The first-order valence-corrected chi connectivity index (χ1v) is 11.2. The second-order valence-electron chi connectivity index (χ2n) is 7.69. The number of amides is 1. The molecule has 4 aromatic rings. The molecule has 0 N–H and O–H groups in total. The molecule has 0 spiro atoms. The molecule has 1 atom stereocenters. The molecule has 3 aromatic carbocycles. The number of fused-ring (bicyclic) bond motifs is 2. The Kier molecular flexibility index (Phi) is 5.53. The van der Waals surface area contributed by atoms with E-state index in [1.54, 1.807) is 35.2 Å². The minimum Gasteiger partial charge on any atom is -0.493 e. The molecule has 1 unspecified atom stereocenters. The van der Waals surface area contributed by atoms with E-state index in [2.05, 4.69) is 15.9 Å². The van der Waals surface area contributed by atoms with Crippen LogP contribution in [-0.2, 0) is 0 Å². The highest BCUT2D eigenvalue weighted by atomic mass is 79.9. The van der Waals surface area contributed by atoms with Crippen molar-refractivity contribution in [2.75, 3.05) is 26.2 Å². The van der Waals surface area contributed by atoms with Gasteiger partial charge in [-0.1, -0.05) is 34.1 Å². The first-order chi connectivity index (χ1) is 16.5. The highest BCUT2D eigenvalue weighted by Crippen LogP contribution is 2.46. The number of halogens is 1. The van der Waals surface area contributed by atoms with Crippen LogP contribution in [0, 0.1) is 0 Å². The minimum absolute atomic E-state index is 0.0161. The van der Waals surface area contributed by atoms with Gasteiger partial charge in [-0.15, -0.1) is 0 Å².